The molecule has 2 rings (SSSR count). The number of nitrogens with two attached hydrogens (primary N) is 1. The summed E-state index contributed by atoms with van der Waals surface area (Å²) in [5.41, 5.74) is 7.43. The van der Waals surface area contributed by atoms with Crippen LogP contribution in [0.1, 0.15) is 5.56 Å². The van der Waals surface area contributed by atoms with Crippen molar-refractivity contribution in [2.24, 2.45) is 7.05 Å². The van der Waals surface area contributed by atoms with Gasteiger partial charge in [0.05, 0.1) is 0 Å². The minimum Gasteiger partial charge on any atom is -0.399 e. The van der Waals surface area contributed by atoms with Gasteiger partial charge in [0.15, 0.2) is 5.16 Å². The lowest BCUT2D eigenvalue weighted by Gasteiger charge is -2.04. The van der Waals surface area contributed by atoms with Crippen LogP contribution in [0, 0.1) is 0 Å². The highest BCUT2D eigenvalue weighted by Crippen LogP contribution is 2.26. The van der Waals surface area contributed by atoms with Gasteiger partial charge < -0.3 is 10.3 Å². The van der Waals surface area contributed by atoms with Crippen LogP contribution in [0.2, 0.25) is 5.02 Å². The topological polar surface area (TPSA) is 56.7 Å². The zero-order valence-corrected chi connectivity index (χ0v) is 10.3. The third-order valence-electron chi connectivity index (χ3n) is 2.10. The predicted octanol–water partition coefficient (Wildman–Crippen LogP) is 2.34. The Balaban J connectivity index is 2.10. The second-order valence-electron chi connectivity index (χ2n) is 3.36. The molecule has 6 heteroatoms. The molecule has 16 heavy (non-hydrogen) atoms. The van der Waals surface area contributed by atoms with E-state index in [0.29, 0.717) is 0 Å². The molecule has 2 N–H and O–H groups in total. The number of thioether (sulfide) groups is 1. The minimum absolute atomic E-state index is 0.720. The van der Waals surface area contributed by atoms with E-state index in [1.165, 1.54) is 0 Å². The van der Waals surface area contributed by atoms with Gasteiger partial charge in [-0.3, -0.25) is 0 Å². The third-order valence-corrected chi connectivity index (χ3v) is 3.55. The first-order valence-electron chi connectivity index (χ1n) is 4.67. The Hall–Kier alpha value is -1.20. The maximum atomic E-state index is 6.06. The summed E-state index contributed by atoms with van der Waals surface area (Å²) in [6.45, 7) is 0. The van der Waals surface area contributed by atoms with E-state index in [0.717, 1.165) is 27.2 Å². The molecule has 2 aromatic rings. The molecule has 0 saturated carbocycles. The zero-order chi connectivity index (χ0) is 11.5. The quantitative estimate of drug-likeness (QED) is 0.675. The third kappa shape index (κ3) is 2.48. The number of nitrogen functional groups attached to an aromatic ring is 1. The molecule has 0 aliphatic carbocycles. The molecule has 0 aliphatic heterocycles. The summed E-state index contributed by atoms with van der Waals surface area (Å²) >= 11 is 7.64. The van der Waals surface area contributed by atoms with Crippen molar-refractivity contribution >= 4 is 29.1 Å². The monoisotopic (exact) mass is 254 g/mol. The van der Waals surface area contributed by atoms with Crippen LogP contribution in [0.3, 0.4) is 0 Å². The van der Waals surface area contributed by atoms with Crippen molar-refractivity contribution in [3.63, 3.8) is 0 Å². The molecule has 0 bridgehead atoms. The van der Waals surface area contributed by atoms with E-state index in [1.54, 1.807) is 24.2 Å². The molecule has 1 heterocycles. The second kappa shape index (κ2) is 4.76. The number of rotatable bonds is 3. The zero-order valence-electron chi connectivity index (χ0n) is 8.72. The lowest BCUT2D eigenvalue weighted by Crippen LogP contribution is -1.92. The van der Waals surface area contributed by atoms with Gasteiger partial charge in [-0.25, -0.2) is 0 Å². The number of hydrogen-bond acceptors (Lipinski definition) is 4. The Kier molecular flexibility index (Phi) is 3.36. The van der Waals surface area contributed by atoms with E-state index < -0.39 is 0 Å². The van der Waals surface area contributed by atoms with E-state index in [4.69, 9.17) is 17.3 Å². The van der Waals surface area contributed by atoms with E-state index in [1.807, 2.05) is 23.7 Å². The highest BCUT2D eigenvalue weighted by molar-refractivity contribution is 7.98. The number of aryl methyl sites for hydroxylation is 1. The smallest absolute Gasteiger partial charge is 0.191 e. The molecule has 0 aliphatic rings. The molecule has 1 aromatic heterocycles. The first-order chi connectivity index (χ1) is 7.66. The fourth-order valence-corrected chi connectivity index (χ4v) is 2.39. The first-order valence-corrected chi connectivity index (χ1v) is 6.04. The number of halogens is 1. The summed E-state index contributed by atoms with van der Waals surface area (Å²) in [5, 5.41) is 9.38. The molecule has 0 fully saturated rings. The summed E-state index contributed by atoms with van der Waals surface area (Å²) in [4.78, 5) is 0. The van der Waals surface area contributed by atoms with Crippen LogP contribution in [-0.4, -0.2) is 14.8 Å². The highest BCUT2D eigenvalue weighted by atomic mass is 35.5. The maximum absolute atomic E-state index is 6.06. The molecular formula is C10H11ClN4S. The van der Waals surface area contributed by atoms with Gasteiger partial charge in [0.1, 0.15) is 6.33 Å². The maximum Gasteiger partial charge on any atom is 0.191 e. The SMILES string of the molecule is Cn1cnnc1SCc1cc(N)ccc1Cl. The lowest BCUT2D eigenvalue weighted by molar-refractivity contribution is 0.788. The van der Waals surface area contributed by atoms with E-state index in [2.05, 4.69) is 10.2 Å². The molecule has 0 atom stereocenters. The molecule has 0 radical (unpaired) electrons. The van der Waals surface area contributed by atoms with Gasteiger partial charge in [-0.05, 0) is 23.8 Å². The number of anilines is 1. The largest absolute Gasteiger partial charge is 0.399 e. The Labute approximate surface area is 103 Å². The van der Waals surface area contributed by atoms with Gasteiger partial charge in [0, 0.05) is 23.5 Å². The second-order valence-corrected chi connectivity index (χ2v) is 4.71. The summed E-state index contributed by atoms with van der Waals surface area (Å²) in [7, 11) is 1.91. The molecule has 1 aromatic carbocycles. The van der Waals surface area contributed by atoms with E-state index in [9.17, 15) is 0 Å². The van der Waals surface area contributed by atoms with Crippen molar-refractivity contribution in [3.05, 3.63) is 35.1 Å². The minimum atomic E-state index is 0.720. The van der Waals surface area contributed by atoms with Crippen molar-refractivity contribution in [1.29, 1.82) is 0 Å². The van der Waals surface area contributed by atoms with E-state index in [-0.39, 0.29) is 0 Å². The normalized spacial score (nSPS) is 10.6. The van der Waals surface area contributed by atoms with Crippen LogP contribution in [0.5, 0.6) is 0 Å². The summed E-state index contributed by atoms with van der Waals surface area (Å²) in [6, 6.07) is 5.48. The summed E-state index contributed by atoms with van der Waals surface area (Å²) < 4.78 is 1.87. The number of aromatic nitrogens is 3. The van der Waals surface area contributed by atoms with Crippen LogP contribution < -0.4 is 5.73 Å². The molecule has 0 unspecified atom stereocenters. The molecule has 84 valence electrons. The molecule has 0 amide bonds. The number of nitrogens with zero attached hydrogens (tertiary/aromatic N) is 3. The average molecular weight is 255 g/mol. The Morgan fingerprint density at radius 1 is 1.50 bits per heavy atom. The van der Waals surface area contributed by atoms with Crippen molar-refractivity contribution in [2.75, 3.05) is 5.73 Å². The fourth-order valence-electron chi connectivity index (χ4n) is 1.25. The van der Waals surface area contributed by atoms with Crippen LogP contribution in [0.4, 0.5) is 5.69 Å². The van der Waals surface area contributed by atoms with Gasteiger partial charge in [0.2, 0.25) is 0 Å². The molecular weight excluding hydrogens is 244 g/mol. The fraction of sp³-hybridized carbons (Fsp3) is 0.200. The Morgan fingerprint density at radius 2 is 2.31 bits per heavy atom. The van der Waals surface area contributed by atoms with Gasteiger partial charge in [-0.2, -0.15) is 0 Å². The van der Waals surface area contributed by atoms with Crippen LogP contribution in [0.25, 0.3) is 0 Å². The van der Waals surface area contributed by atoms with Gasteiger partial charge in [-0.1, -0.05) is 23.4 Å². The van der Waals surface area contributed by atoms with Crippen molar-refractivity contribution in [3.8, 4) is 0 Å². The summed E-state index contributed by atoms with van der Waals surface area (Å²) in [5.74, 6) is 0.733. The van der Waals surface area contributed by atoms with Crippen LogP contribution >= 0.6 is 23.4 Å². The summed E-state index contributed by atoms with van der Waals surface area (Å²) in [6.07, 6.45) is 1.67. The van der Waals surface area contributed by atoms with Crippen LogP contribution in [0.15, 0.2) is 29.7 Å². The lowest BCUT2D eigenvalue weighted by atomic mass is 10.2. The van der Waals surface area contributed by atoms with Crippen LogP contribution in [-0.2, 0) is 12.8 Å². The van der Waals surface area contributed by atoms with E-state index >= 15 is 0 Å². The highest BCUT2D eigenvalue weighted by Gasteiger charge is 2.05. The van der Waals surface area contributed by atoms with Crippen molar-refractivity contribution in [2.45, 2.75) is 10.9 Å². The Bertz CT molecular complexity index is 497. The number of hydrogen-bond donors (Lipinski definition) is 1. The molecule has 0 spiro atoms. The first kappa shape index (κ1) is 11.3. The average Bonchev–Trinajstić information content (AvgIpc) is 2.66. The van der Waals surface area contributed by atoms with Gasteiger partial charge in [0.25, 0.3) is 0 Å². The predicted molar refractivity (Wildman–Crippen MR) is 66.4 cm³/mol. The molecule has 0 saturated heterocycles. The standard InChI is InChI=1S/C10H11ClN4S/c1-15-6-13-14-10(15)16-5-7-4-8(12)2-3-9(7)11/h2-4,6H,5,12H2,1H3. The van der Waals surface area contributed by atoms with Crippen molar-refractivity contribution < 1.29 is 0 Å². The van der Waals surface area contributed by atoms with Gasteiger partial charge in [-0.15, -0.1) is 10.2 Å². The molecule has 4 nitrogen and oxygen atoms in total. The van der Waals surface area contributed by atoms with Crippen molar-refractivity contribution in [1.82, 2.24) is 14.8 Å². The Morgan fingerprint density at radius 3 is 3.00 bits per heavy atom. The number of benzene rings is 1. The van der Waals surface area contributed by atoms with Gasteiger partial charge >= 0.3 is 0 Å².